The number of aryl methyl sites for hydroxylation is 2. The summed E-state index contributed by atoms with van der Waals surface area (Å²) in [7, 11) is -3.77. The van der Waals surface area contributed by atoms with Gasteiger partial charge in [0.1, 0.15) is 0 Å². The minimum absolute atomic E-state index is 0.0585. The highest BCUT2D eigenvalue weighted by Crippen LogP contribution is 2.35. The molecule has 2 heterocycles. The van der Waals surface area contributed by atoms with Gasteiger partial charge in [0.15, 0.2) is 11.0 Å². The summed E-state index contributed by atoms with van der Waals surface area (Å²) in [4.78, 5) is 9.19. The quantitative estimate of drug-likeness (QED) is 0.522. The third kappa shape index (κ3) is 4.56. The predicted molar refractivity (Wildman–Crippen MR) is 109 cm³/mol. The Balaban J connectivity index is 1.90. The molecule has 0 saturated heterocycles. The van der Waals surface area contributed by atoms with Crippen molar-refractivity contribution in [3.8, 4) is 0 Å². The molecule has 0 amide bonds. The van der Waals surface area contributed by atoms with E-state index in [0.29, 0.717) is 11.4 Å². The summed E-state index contributed by atoms with van der Waals surface area (Å²) in [6, 6.07) is 4.78. The van der Waals surface area contributed by atoms with Gasteiger partial charge in [-0.05, 0) is 38.0 Å². The third-order valence-electron chi connectivity index (χ3n) is 4.33. The lowest BCUT2D eigenvalue weighted by Crippen LogP contribution is -2.11. The topological polar surface area (TPSA) is 117 Å². The lowest BCUT2D eigenvalue weighted by molar-refractivity contribution is 0.374. The fourth-order valence-electron chi connectivity index (χ4n) is 2.87. The zero-order chi connectivity index (χ0) is 20.3. The molecule has 10 heteroatoms. The smallest absolute Gasteiger partial charge is 0.239 e. The van der Waals surface area contributed by atoms with Crippen LogP contribution in [-0.2, 0) is 23.0 Å². The molecule has 0 bridgehead atoms. The summed E-state index contributed by atoms with van der Waals surface area (Å²) in [6.45, 7) is 6.97. The van der Waals surface area contributed by atoms with Gasteiger partial charge in [0.2, 0.25) is 15.9 Å². The molecule has 28 heavy (non-hydrogen) atoms. The van der Waals surface area contributed by atoms with Crippen LogP contribution >= 0.6 is 11.8 Å². The van der Waals surface area contributed by atoms with E-state index in [-0.39, 0.29) is 10.1 Å². The molecule has 0 aliphatic rings. The number of aromatic nitrogens is 4. The Kier molecular flexibility index (Phi) is 6.41. The zero-order valence-electron chi connectivity index (χ0n) is 16.3. The standard InChI is InChI=1S/C18H25N5O3S2/c1-4-6-7-16-21-17(26-22-16)12(3)27-18-20-14-11-13(28(19,24)25)8-9-15(14)23(18)10-5-2/h8-9,11-12H,4-7,10H2,1-3H3,(H2,19,24,25). The van der Waals surface area contributed by atoms with E-state index in [1.807, 2.05) is 6.92 Å². The molecule has 3 aromatic rings. The maximum atomic E-state index is 11.6. The van der Waals surface area contributed by atoms with Crippen LogP contribution in [0.2, 0.25) is 0 Å². The van der Waals surface area contributed by atoms with Crippen LogP contribution in [0.15, 0.2) is 32.8 Å². The maximum absolute atomic E-state index is 11.6. The van der Waals surface area contributed by atoms with Crippen LogP contribution in [0.1, 0.15) is 57.0 Å². The number of rotatable bonds is 9. The molecule has 1 atom stereocenters. The molecule has 3 rings (SSSR count). The maximum Gasteiger partial charge on any atom is 0.239 e. The molecular formula is C18H25N5O3S2. The Labute approximate surface area is 169 Å². The molecule has 8 nitrogen and oxygen atoms in total. The zero-order valence-corrected chi connectivity index (χ0v) is 17.9. The van der Waals surface area contributed by atoms with Crippen LogP contribution < -0.4 is 5.14 Å². The number of hydrogen-bond donors (Lipinski definition) is 1. The number of benzene rings is 1. The number of imidazole rings is 1. The monoisotopic (exact) mass is 423 g/mol. The van der Waals surface area contributed by atoms with Crippen LogP contribution in [-0.4, -0.2) is 28.1 Å². The van der Waals surface area contributed by atoms with Crippen LogP contribution in [0, 0.1) is 0 Å². The van der Waals surface area contributed by atoms with E-state index in [4.69, 9.17) is 9.66 Å². The second-order valence-electron chi connectivity index (χ2n) is 6.65. The van der Waals surface area contributed by atoms with Crippen molar-refractivity contribution in [1.29, 1.82) is 0 Å². The molecule has 0 fully saturated rings. The average Bonchev–Trinajstić information content (AvgIpc) is 3.24. The van der Waals surface area contributed by atoms with Gasteiger partial charge in [-0.1, -0.05) is 37.2 Å². The molecule has 0 aliphatic heterocycles. The van der Waals surface area contributed by atoms with E-state index in [1.54, 1.807) is 6.07 Å². The molecule has 0 saturated carbocycles. The molecule has 0 aliphatic carbocycles. The minimum Gasteiger partial charge on any atom is -0.338 e. The molecule has 2 N–H and O–H groups in total. The number of nitrogens with two attached hydrogens (primary N) is 1. The fourth-order valence-corrected chi connectivity index (χ4v) is 4.39. The number of unbranched alkanes of at least 4 members (excludes halogenated alkanes) is 1. The first-order valence-electron chi connectivity index (χ1n) is 9.35. The van der Waals surface area contributed by atoms with Gasteiger partial charge < -0.3 is 9.09 Å². The molecule has 1 aromatic carbocycles. The highest BCUT2D eigenvalue weighted by atomic mass is 32.2. The van der Waals surface area contributed by atoms with Crippen molar-refractivity contribution in [2.24, 2.45) is 5.14 Å². The summed E-state index contributed by atoms with van der Waals surface area (Å²) in [6.07, 6.45) is 3.84. The van der Waals surface area contributed by atoms with Crippen molar-refractivity contribution in [2.45, 2.75) is 68.3 Å². The lowest BCUT2D eigenvalue weighted by Gasteiger charge is -2.09. The Bertz CT molecular complexity index is 1060. The van der Waals surface area contributed by atoms with E-state index in [2.05, 4.69) is 33.5 Å². The van der Waals surface area contributed by atoms with Gasteiger partial charge in [-0.3, -0.25) is 0 Å². The average molecular weight is 424 g/mol. The summed E-state index contributed by atoms with van der Waals surface area (Å²) in [5, 5.41) is 10.0. The van der Waals surface area contributed by atoms with Crippen LogP contribution in [0.25, 0.3) is 11.0 Å². The Morgan fingerprint density at radius 1 is 1.25 bits per heavy atom. The highest BCUT2D eigenvalue weighted by molar-refractivity contribution is 7.99. The van der Waals surface area contributed by atoms with Crippen molar-refractivity contribution < 1.29 is 12.9 Å². The second-order valence-corrected chi connectivity index (χ2v) is 9.52. The second kappa shape index (κ2) is 8.62. The van der Waals surface area contributed by atoms with Gasteiger partial charge in [0.25, 0.3) is 0 Å². The van der Waals surface area contributed by atoms with E-state index < -0.39 is 10.0 Å². The largest absolute Gasteiger partial charge is 0.338 e. The summed E-state index contributed by atoms with van der Waals surface area (Å²) in [5.41, 5.74) is 1.47. The van der Waals surface area contributed by atoms with Crippen molar-refractivity contribution in [3.63, 3.8) is 0 Å². The Morgan fingerprint density at radius 3 is 2.71 bits per heavy atom. The lowest BCUT2D eigenvalue weighted by atomic mass is 10.2. The van der Waals surface area contributed by atoms with Crippen molar-refractivity contribution in [3.05, 3.63) is 29.9 Å². The van der Waals surface area contributed by atoms with Gasteiger partial charge in [-0.25, -0.2) is 18.5 Å². The number of primary sulfonamides is 1. The van der Waals surface area contributed by atoms with Gasteiger partial charge >= 0.3 is 0 Å². The van der Waals surface area contributed by atoms with Gasteiger partial charge in [0.05, 0.1) is 21.2 Å². The first-order chi connectivity index (χ1) is 13.3. The SMILES string of the molecule is CCCCc1noc(C(C)Sc2nc3cc(S(N)(=O)=O)ccc3n2CCC)n1. The number of nitrogens with zero attached hydrogens (tertiary/aromatic N) is 4. The van der Waals surface area contributed by atoms with Gasteiger partial charge in [-0.15, -0.1) is 0 Å². The molecule has 152 valence electrons. The fraction of sp³-hybridized carbons (Fsp3) is 0.500. The van der Waals surface area contributed by atoms with Crippen molar-refractivity contribution in [2.75, 3.05) is 0 Å². The van der Waals surface area contributed by atoms with Gasteiger partial charge in [-0.2, -0.15) is 4.98 Å². The predicted octanol–water partition coefficient (Wildman–Crippen LogP) is 3.67. The van der Waals surface area contributed by atoms with E-state index >= 15 is 0 Å². The Hall–Kier alpha value is -1.91. The minimum atomic E-state index is -3.77. The molecule has 2 aromatic heterocycles. The first-order valence-corrected chi connectivity index (χ1v) is 11.8. The summed E-state index contributed by atoms with van der Waals surface area (Å²) < 4.78 is 30.8. The third-order valence-corrected chi connectivity index (χ3v) is 6.32. The number of thioether (sulfide) groups is 1. The molecular weight excluding hydrogens is 398 g/mol. The van der Waals surface area contributed by atoms with Gasteiger partial charge in [0, 0.05) is 13.0 Å². The Morgan fingerprint density at radius 2 is 2.04 bits per heavy atom. The van der Waals surface area contributed by atoms with Crippen LogP contribution in [0.4, 0.5) is 0 Å². The van der Waals surface area contributed by atoms with E-state index in [9.17, 15) is 8.42 Å². The molecule has 0 radical (unpaired) electrons. The van der Waals surface area contributed by atoms with Crippen LogP contribution in [0.3, 0.4) is 0 Å². The molecule has 0 spiro atoms. The normalized spacial score (nSPS) is 13.3. The van der Waals surface area contributed by atoms with Crippen molar-refractivity contribution >= 4 is 32.8 Å². The summed E-state index contributed by atoms with van der Waals surface area (Å²) in [5.74, 6) is 1.29. The van der Waals surface area contributed by atoms with E-state index in [1.165, 1.54) is 23.9 Å². The first kappa shape index (κ1) is 20.8. The van der Waals surface area contributed by atoms with Crippen molar-refractivity contribution in [1.82, 2.24) is 19.7 Å². The molecule has 1 unspecified atom stereocenters. The van der Waals surface area contributed by atoms with Crippen LogP contribution in [0.5, 0.6) is 0 Å². The highest BCUT2D eigenvalue weighted by Gasteiger charge is 2.21. The summed E-state index contributed by atoms with van der Waals surface area (Å²) >= 11 is 1.51. The number of sulfonamides is 1. The number of hydrogen-bond acceptors (Lipinski definition) is 7. The van der Waals surface area contributed by atoms with E-state index in [0.717, 1.165) is 48.7 Å². The number of fused-ring (bicyclic) bond motifs is 1.